The second-order valence-corrected chi connectivity index (χ2v) is 4.32. The van der Waals surface area contributed by atoms with Gasteiger partial charge in [0.2, 0.25) is 0 Å². The molecule has 1 aromatic heterocycles. The summed E-state index contributed by atoms with van der Waals surface area (Å²) in [5, 5.41) is 20.0. The zero-order valence-electron chi connectivity index (χ0n) is 10.0. The Bertz CT molecular complexity index is 323. The van der Waals surface area contributed by atoms with Crippen LogP contribution in [0.5, 0.6) is 0 Å². The molecule has 17 heavy (non-hydrogen) atoms. The van der Waals surface area contributed by atoms with E-state index in [4.69, 9.17) is 9.84 Å². The van der Waals surface area contributed by atoms with Gasteiger partial charge in [-0.05, 0) is 19.3 Å². The Morgan fingerprint density at radius 2 is 2.47 bits per heavy atom. The lowest BCUT2D eigenvalue weighted by atomic mass is 10.1. The highest BCUT2D eigenvalue weighted by atomic mass is 16.5. The fourth-order valence-electron chi connectivity index (χ4n) is 1.96. The van der Waals surface area contributed by atoms with Gasteiger partial charge in [-0.3, -0.25) is 0 Å². The van der Waals surface area contributed by atoms with Gasteiger partial charge in [0.05, 0.1) is 24.9 Å². The molecule has 1 saturated heterocycles. The normalized spacial score (nSPS) is 20.6. The molecule has 6 heteroatoms. The summed E-state index contributed by atoms with van der Waals surface area (Å²) in [6.07, 6.45) is 5.79. The molecule has 1 aromatic rings. The van der Waals surface area contributed by atoms with E-state index in [0.717, 1.165) is 25.3 Å². The third-order valence-corrected chi connectivity index (χ3v) is 2.87. The van der Waals surface area contributed by atoms with E-state index in [-0.39, 0.29) is 6.61 Å². The zero-order chi connectivity index (χ0) is 11.9. The second-order valence-electron chi connectivity index (χ2n) is 4.32. The quantitative estimate of drug-likeness (QED) is 0.728. The summed E-state index contributed by atoms with van der Waals surface area (Å²) in [6.45, 7) is 3.04. The highest BCUT2D eigenvalue weighted by molar-refractivity contribution is 4.91. The van der Waals surface area contributed by atoms with Crippen LogP contribution in [0.2, 0.25) is 0 Å². The Hall–Kier alpha value is -0.980. The van der Waals surface area contributed by atoms with E-state index in [9.17, 15) is 0 Å². The van der Waals surface area contributed by atoms with Gasteiger partial charge in [0.1, 0.15) is 0 Å². The van der Waals surface area contributed by atoms with Crippen LogP contribution in [0.3, 0.4) is 0 Å². The molecule has 0 amide bonds. The molecule has 96 valence electrons. The maximum absolute atomic E-state index is 8.75. The first-order chi connectivity index (χ1) is 8.38. The van der Waals surface area contributed by atoms with Crippen molar-refractivity contribution >= 4 is 0 Å². The Kier molecular flexibility index (Phi) is 4.90. The number of aliphatic hydroxyl groups is 1. The second kappa shape index (κ2) is 6.68. The maximum Gasteiger partial charge on any atom is 0.0964 e. The summed E-state index contributed by atoms with van der Waals surface area (Å²) in [7, 11) is 0. The van der Waals surface area contributed by atoms with Crippen molar-refractivity contribution in [3.8, 4) is 0 Å². The van der Waals surface area contributed by atoms with E-state index >= 15 is 0 Å². The van der Waals surface area contributed by atoms with Crippen molar-refractivity contribution in [3.05, 3.63) is 11.9 Å². The number of rotatable bonds is 6. The van der Waals surface area contributed by atoms with Gasteiger partial charge in [0.25, 0.3) is 0 Å². The number of aromatic nitrogens is 3. The molecule has 0 aliphatic carbocycles. The van der Waals surface area contributed by atoms with Crippen LogP contribution in [-0.4, -0.2) is 46.0 Å². The lowest BCUT2D eigenvalue weighted by molar-refractivity contribution is 0.0167. The van der Waals surface area contributed by atoms with Crippen LogP contribution in [0.4, 0.5) is 0 Å². The highest BCUT2D eigenvalue weighted by Gasteiger charge is 2.13. The van der Waals surface area contributed by atoms with Crippen LogP contribution in [0, 0.1) is 0 Å². The first-order valence-corrected chi connectivity index (χ1v) is 6.20. The minimum absolute atomic E-state index is 0.0894. The van der Waals surface area contributed by atoms with E-state index in [0.29, 0.717) is 19.2 Å². The van der Waals surface area contributed by atoms with Gasteiger partial charge in [0, 0.05) is 25.9 Å². The zero-order valence-corrected chi connectivity index (χ0v) is 10.0. The standard InChI is InChI=1S/C11H20N4O2/c16-5-4-15-9-10(13-14-15)7-12-8-11-3-1-2-6-17-11/h9,11-12,16H,1-8H2. The van der Waals surface area contributed by atoms with Crippen molar-refractivity contribution in [2.45, 2.75) is 38.5 Å². The van der Waals surface area contributed by atoms with E-state index in [1.165, 1.54) is 12.8 Å². The summed E-state index contributed by atoms with van der Waals surface area (Å²) in [4.78, 5) is 0. The van der Waals surface area contributed by atoms with E-state index < -0.39 is 0 Å². The van der Waals surface area contributed by atoms with E-state index in [1.54, 1.807) is 4.68 Å². The molecule has 1 aliphatic heterocycles. The van der Waals surface area contributed by atoms with Gasteiger partial charge in [-0.1, -0.05) is 5.21 Å². The Morgan fingerprint density at radius 1 is 1.53 bits per heavy atom. The number of ether oxygens (including phenoxy) is 1. The first kappa shape index (κ1) is 12.5. The van der Waals surface area contributed by atoms with E-state index in [2.05, 4.69) is 15.6 Å². The fourth-order valence-corrected chi connectivity index (χ4v) is 1.96. The molecule has 1 atom stereocenters. The van der Waals surface area contributed by atoms with Crippen molar-refractivity contribution in [1.82, 2.24) is 20.3 Å². The molecule has 0 bridgehead atoms. The van der Waals surface area contributed by atoms with Crippen LogP contribution in [0.15, 0.2) is 6.20 Å². The summed E-state index contributed by atoms with van der Waals surface area (Å²) in [6, 6.07) is 0. The van der Waals surface area contributed by atoms with E-state index in [1.807, 2.05) is 6.20 Å². The topological polar surface area (TPSA) is 72.2 Å². The average molecular weight is 240 g/mol. The van der Waals surface area contributed by atoms with Crippen LogP contribution in [-0.2, 0) is 17.8 Å². The molecular weight excluding hydrogens is 220 g/mol. The summed E-state index contributed by atoms with van der Waals surface area (Å²) < 4.78 is 7.27. The molecule has 0 spiro atoms. The Labute approximate surface area is 101 Å². The van der Waals surface area contributed by atoms with Crippen LogP contribution in [0.25, 0.3) is 0 Å². The smallest absolute Gasteiger partial charge is 0.0964 e. The molecule has 0 aromatic carbocycles. The SMILES string of the molecule is OCCn1cc(CNCC2CCCCO2)nn1. The average Bonchev–Trinajstić information content (AvgIpc) is 2.79. The summed E-state index contributed by atoms with van der Waals surface area (Å²) >= 11 is 0. The lowest BCUT2D eigenvalue weighted by Gasteiger charge is -2.22. The van der Waals surface area contributed by atoms with Crippen LogP contribution < -0.4 is 5.32 Å². The van der Waals surface area contributed by atoms with Gasteiger partial charge < -0.3 is 15.2 Å². The molecule has 0 saturated carbocycles. The van der Waals surface area contributed by atoms with Gasteiger partial charge in [-0.25, -0.2) is 4.68 Å². The number of hydrogen-bond acceptors (Lipinski definition) is 5. The van der Waals surface area contributed by atoms with Crippen LogP contribution >= 0.6 is 0 Å². The molecule has 2 rings (SSSR count). The number of hydrogen-bond donors (Lipinski definition) is 2. The Morgan fingerprint density at radius 3 is 3.24 bits per heavy atom. The largest absolute Gasteiger partial charge is 0.394 e. The van der Waals surface area contributed by atoms with Gasteiger partial charge >= 0.3 is 0 Å². The van der Waals surface area contributed by atoms with Crippen molar-refractivity contribution in [2.75, 3.05) is 19.8 Å². The molecule has 1 aliphatic rings. The first-order valence-electron chi connectivity index (χ1n) is 6.20. The monoisotopic (exact) mass is 240 g/mol. The third-order valence-electron chi connectivity index (χ3n) is 2.87. The molecule has 6 nitrogen and oxygen atoms in total. The van der Waals surface area contributed by atoms with Gasteiger partial charge in [-0.15, -0.1) is 5.10 Å². The molecule has 2 heterocycles. The molecular formula is C11H20N4O2. The maximum atomic E-state index is 8.75. The minimum atomic E-state index is 0.0894. The Balaban J connectivity index is 1.66. The molecule has 0 radical (unpaired) electrons. The lowest BCUT2D eigenvalue weighted by Crippen LogP contribution is -2.31. The highest BCUT2D eigenvalue weighted by Crippen LogP contribution is 2.11. The molecule has 1 fully saturated rings. The fraction of sp³-hybridized carbons (Fsp3) is 0.818. The van der Waals surface area contributed by atoms with Gasteiger partial charge in [-0.2, -0.15) is 0 Å². The minimum Gasteiger partial charge on any atom is -0.394 e. The van der Waals surface area contributed by atoms with Crippen LogP contribution in [0.1, 0.15) is 25.0 Å². The number of nitrogens with one attached hydrogen (secondary N) is 1. The van der Waals surface area contributed by atoms with Gasteiger partial charge in [0.15, 0.2) is 0 Å². The van der Waals surface area contributed by atoms with Crippen molar-refractivity contribution in [1.29, 1.82) is 0 Å². The third kappa shape index (κ3) is 4.07. The number of aliphatic hydroxyl groups excluding tert-OH is 1. The predicted octanol–water partition coefficient (Wildman–Crippen LogP) is -0.0709. The number of nitrogens with zero attached hydrogens (tertiary/aromatic N) is 3. The van der Waals surface area contributed by atoms with Crippen molar-refractivity contribution in [3.63, 3.8) is 0 Å². The van der Waals surface area contributed by atoms with Crippen molar-refractivity contribution in [2.24, 2.45) is 0 Å². The predicted molar refractivity (Wildman–Crippen MR) is 62.4 cm³/mol. The van der Waals surface area contributed by atoms with Crippen molar-refractivity contribution < 1.29 is 9.84 Å². The molecule has 1 unspecified atom stereocenters. The summed E-state index contributed by atoms with van der Waals surface area (Å²) in [5.74, 6) is 0. The summed E-state index contributed by atoms with van der Waals surface area (Å²) in [5.41, 5.74) is 0.897. The molecule has 2 N–H and O–H groups in total.